The van der Waals surface area contributed by atoms with Crippen molar-refractivity contribution in [1.82, 2.24) is 0 Å². The molecule has 1 saturated heterocycles. The fourth-order valence-electron chi connectivity index (χ4n) is 2.96. The molecule has 0 saturated carbocycles. The van der Waals surface area contributed by atoms with Crippen molar-refractivity contribution < 1.29 is 19.0 Å². The highest BCUT2D eigenvalue weighted by Gasteiger charge is 2.26. The monoisotopic (exact) mass is 384 g/mol. The second kappa shape index (κ2) is 7.94. The predicted molar refractivity (Wildman–Crippen MR) is 106 cm³/mol. The Kier molecular flexibility index (Phi) is 5.22. The van der Waals surface area contributed by atoms with Gasteiger partial charge in [-0.1, -0.05) is 12.1 Å². The number of benzene rings is 1. The summed E-state index contributed by atoms with van der Waals surface area (Å²) < 4.78 is 16.4. The van der Waals surface area contributed by atoms with E-state index in [-0.39, 0.29) is 5.90 Å². The summed E-state index contributed by atoms with van der Waals surface area (Å²) in [5, 5.41) is 1.17. The molecule has 0 atom stereocenters. The molecule has 27 heavy (non-hydrogen) atoms. The van der Waals surface area contributed by atoms with Crippen LogP contribution >= 0.6 is 11.3 Å². The van der Waals surface area contributed by atoms with Crippen LogP contribution in [0, 0.1) is 0 Å². The number of nitrogens with zero attached hydrogens (tertiary/aromatic N) is 2. The number of cyclic esters (lactones) is 1. The molecule has 0 bridgehead atoms. The largest absolute Gasteiger partial charge is 0.493 e. The Morgan fingerprint density at radius 2 is 2.04 bits per heavy atom. The van der Waals surface area contributed by atoms with E-state index in [1.165, 1.54) is 5.00 Å². The van der Waals surface area contributed by atoms with Crippen molar-refractivity contribution in [3.05, 3.63) is 52.5 Å². The number of aliphatic imine (C=N–C) groups is 1. The van der Waals surface area contributed by atoms with Crippen molar-refractivity contribution in [2.75, 3.05) is 37.8 Å². The van der Waals surface area contributed by atoms with Gasteiger partial charge in [-0.25, -0.2) is 9.79 Å². The van der Waals surface area contributed by atoms with Crippen LogP contribution in [0.3, 0.4) is 0 Å². The zero-order chi connectivity index (χ0) is 18.6. The van der Waals surface area contributed by atoms with Gasteiger partial charge in [0.05, 0.1) is 30.4 Å². The molecule has 140 valence electrons. The number of carbonyl (C=O) groups excluding carboxylic acids is 1. The number of para-hydroxylation sites is 1. The zero-order valence-corrected chi connectivity index (χ0v) is 15.8. The van der Waals surface area contributed by atoms with Crippen LogP contribution in [0.5, 0.6) is 5.75 Å². The second-order valence-corrected chi connectivity index (χ2v) is 7.13. The Morgan fingerprint density at radius 3 is 2.85 bits per heavy atom. The van der Waals surface area contributed by atoms with Gasteiger partial charge >= 0.3 is 5.97 Å². The van der Waals surface area contributed by atoms with Crippen molar-refractivity contribution in [2.24, 2.45) is 4.99 Å². The van der Waals surface area contributed by atoms with Crippen LogP contribution in [0.15, 0.2) is 47.1 Å². The number of morpholine rings is 1. The standard InChI is InChI=1S/C20H20N2O4S/c1-2-25-17-6-4-3-5-15(17)19-21-16(20(23)26-19)13-14-7-8-18(27-14)22-9-11-24-12-10-22/h3-8,13H,2,9-12H2,1H3/b16-13+. The Balaban J connectivity index is 1.57. The number of carbonyl (C=O) groups is 1. The lowest BCUT2D eigenvalue weighted by Gasteiger charge is -2.27. The molecule has 7 heteroatoms. The quantitative estimate of drug-likeness (QED) is 0.585. The summed E-state index contributed by atoms with van der Waals surface area (Å²) in [6.45, 7) is 5.69. The maximum atomic E-state index is 12.3. The van der Waals surface area contributed by atoms with Crippen LogP contribution in [-0.4, -0.2) is 44.8 Å². The van der Waals surface area contributed by atoms with E-state index in [0.29, 0.717) is 23.6 Å². The Bertz CT molecular complexity index is 897. The number of rotatable bonds is 5. The lowest BCUT2D eigenvalue weighted by atomic mass is 10.2. The maximum Gasteiger partial charge on any atom is 0.363 e. The molecule has 0 amide bonds. The molecule has 0 spiro atoms. The van der Waals surface area contributed by atoms with Crippen molar-refractivity contribution in [1.29, 1.82) is 0 Å². The fraction of sp³-hybridized carbons (Fsp3) is 0.300. The molecule has 1 aromatic carbocycles. The van der Waals surface area contributed by atoms with E-state index in [4.69, 9.17) is 14.2 Å². The van der Waals surface area contributed by atoms with Gasteiger partial charge in [0.1, 0.15) is 5.75 Å². The normalized spacial score (nSPS) is 18.6. The van der Waals surface area contributed by atoms with E-state index in [0.717, 1.165) is 31.2 Å². The van der Waals surface area contributed by atoms with E-state index in [9.17, 15) is 4.79 Å². The van der Waals surface area contributed by atoms with Gasteiger partial charge in [-0.2, -0.15) is 0 Å². The minimum absolute atomic E-state index is 0.278. The first-order chi connectivity index (χ1) is 13.2. The molecule has 1 fully saturated rings. The molecule has 2 aliphatic rings. The lowest BCUT2D eigenvalue weighted by Crippen LogP contribution is -2.35. The zero-order valence-electron chi connectivity index (χ0n) is 15.0. The molecule has 3 heterocycles. The van der Waals surface area contributed by atoms with Crippen LogP contribution in [0.1, 0.15) is 17.4 Å². The van der Waals surface area contributed by atoms with E-state index in [1.807, 2.05) is 37.3 Å². The summed E-state index contributed by atoms with van der Waals surface area (Å²) in [4.78, 5) is 19.9. The topological polar surface area (TPSA) is 60.4 Å². The molecule has 1 aromatic heterocycles. The van der Waals surface area contributed by atoms with Gasteiger partial charge in [0.2, 0.25) is 5.90 Å². The number of anilines is 1. The SMILES string of the molecule is CCOc1ccccc1C1=N/C(=C/c2ccc(N3CCOCC3)s2)C(=O)O1. The number of ether oxygens (including phenoxy) is 3. The first-order valence-electron chi connectivity index (χ1n) is 8.92. The fourth-order valence-corrected chi connectivity index (χ4v) is 3.95. The number of thiophene rings is 1. The third kappa shape index (κ3) is 3.89. The average Bonchev–Trinajstić information content (AvgIpc) is 3.31. The first-order valence-corrected chi connectivity index (χ1v) is 9.73. The van der Waals surface area contributed by atoms with Crippen LogP contribution in [0.25, 0.3) is 6.08 Å². The van der Waals surface area contributed by atoms with E-state index < -0.39 is 5.97 Å². The molecule has 0 unspecified atom stereocenters. The number of hydrogen-bond donors (Lipinski definition) is 0. The first kappa shape index (κ1) is 17.8. The van der Waals surface area contributed by atoms with Crippen LogP contribution in [0.2, 0.25) is 0 Å². The minimum Gasteiger partial charge on any atom is -0.493 e. The van der Waals surface area contributed by atoms with Gasteiger partial charge in [0.25, 0.3) is 0 Å². The Labute approximate surface area is 161 Å². The summed E-state index contributed by atoms with van der Waals surface area (Å²) >= 11 is 1.63. The molecule has 0 radical (unpaired) electrons. The minimum atomic E-state index is -0.447. The average molecular weight is 384 g/mol. The highest BCUT2D eigenvalue weighted by molar-refractivity contribution is 7.16. The van der Waals surface area contributed by atoms with Crippen molar-refractivity contribution in [3.63, 3.8) is 0 Å². The highest BCUT2D eigenvalue weighted by atomic mass is 32.1. The van der Waals surface area contributed by atoms with E-state index in [2.05, 4.69) is 16.0 Å². The van der Waals surface area contributed by atoms with E-state index in [1.54, 1.807) is 17.4 Å². The van der Waals surface area contributed by atoms with Gasteiger partial charge < -0.3 is 19.1 Å². The highest BCUT2D eigenvalue weighted by Crippen LogP contribution is 2.30. The molecule has 0 N–H and O–H groups in total. The molecular weight excluding hydrogens is 364 g/mol. The summed E-state index contributed by atoms with van der Waals surface area (Å²) in [5.41, 5.74) is 0.975. The number of esters is 1. The lowest BCUT2D eigenvalue weighted by molar-refractivity contribution is -0.129. The van der Waals surface area contributed by atoms with Gasteiger partial charge in [0, 0.05) is 18.0 Å². The van der Waals surface area contributed by atoms with Crippen LogP contribution in [-0.2, 0) is 14.3 Å². The summed E-state index contributed by atoms with van der Waals surface area (Å²) in [7, 11) is 0. The van der Waals surface area contributed by atoms with Gasteiger partial charge in [0.15, 0.2) is 5.70 Å². The van der Waals surface area contributed by atoms with Crippen molar-refractivity contribution >= 4 is 34.3 Å². The van der Waals surface area contributed by atoms with Crippen LogP contribution in [0.4, 0.5) is 5.00 Å². The third-order valence-electron chi connectivity index (χ3n) is 4.25. The van der Waals surface area contributed by atoms with Crippen molar-refractivity contribution in [2.45, 2.75) is 6.92 Å². The van der Waals surface area contributed by atoms with Gasteiger partial charge in [-0.15, -0.1) is 11.3 Å². The third-order valence-corrected chi connectivity index (χ3v) is 5.35. The molecular formula is C20H20N2O4S. The van der Waals surface area contributed by atoms with Gasteiger partial charge in [-0.3, -0.25) is 0 Å². The molecule has 2 aliphatic heterocycles. The Morgan fingerprint density at radius 1 is 1.22 bits per heavy atom. The molecule has 6 nitrogen and oxygen atoms in total. The smallest absolute Gasteiger partial charge is 0.363 e. The predicted octanol–water partition coefficient (Wildman–Crippen LogP) is 3.33. The van der Waals surface area contributed by atoms with Crippen molar-refractivity contribution in [3.8, 4) is 5.75 Å². The summed E-state index contributed by atoms with van der Waals surface area (Å²) in [6.07, 6.45) is 1.77. The van der Waals surface area contributed by atoms with Gasteiger partial charge in [-0.05, 0) is 37.3 Å². The second-order valence-electron chi connectivity index (χ2n) is 6.04. The Hall–Kier alpha value is -2.64. The van der Waals surface area contributed by atoms with Crippen LogP contribution < -0.4 is 9.64 Å². The molecule has 4 rings (SSSR count). The van der Waals surface area contributed by atoms with E-state index >= 15 is 0 Å². The molecule has 0 aliphatic carbocycles. The molecule has 2 aromatic rings. The summed E-state index contributed by atoms with van der Waals surface area (Å²) in [6, 6.07) is 11.5. The maximum absolute atomic E-state index is 12.3. The summed E-state index contributed by atoms with van der Waals surface area (Å²) in [5.74, 6) is 0.483. The number of hydrogen-bond acceptors (Lipinski definition) is 7.